The van der Waals surface area contributed by atoms with Crippen molar-refractivity contribution in [2.45, 2.75) is 35.8 Å². The number of aliphatic carboxylic acids is 1. The zero-order chi connectivity index (χ0) is 24.5. The van der Waals surface area contributed by atoms with Crippen molar-refractivity contribution in [2.24, 2.45) is 5.92 Å². The summed E-state index contributed by atoms with van der Waals surface area (Å²) < 4.78 is 35.6. The molecule has 0 saturated heterocycles. The van der Waals surface area contributed by atoms with Crippen LogP contribution in [0.15, 0.2) is 45.5 Å². The average molecular weight is 540 g/mol. The Bertz CT molecular complexity index is 1320. The number of sulfonamides is 1. The van der Waals surface area contributed by atoms with E-state index >= 15 is 0 Å². The molecule has 1 aliphatic carbocycles. The van der Waals surface area contributed by atoms with Gasteiger partial charge in [0.05, 0.1) is 0 Å². The van der Waals surface area contributed by atoms with Crippen LogP contribution in [0, 0.1) is 19.8 Å². The van der Waals surface area contributed by atoms with E-state index in [9.17, 15) is 13.2 Å². The van der Waals surface area contributed by atoms with Crippen molar-refractivity contribution < 1.29 is 23.1 Å². The van der Waals surface area contributed by atoms with Crippen LogP contribution in [0.1, 0.15) is 24.0 Å². The quantitative estimate of drug-likeness (QED) is 0.309. The highest BCUT2D eigenvalue weighted by Gasteiger charge is 2.33. The molecular weight excluding hydrogens is 514 g/mol. The SMILES string of the molecule is Cc1cc(SCCN(CC2CC2)S(=O)(=O)c2sc3ccc(Cl)cc3c2C)ccc1OCC(=O)O. The van der Waals surface area contributed by atoms with Crippen molar-refractivity contribution in [1.29, 1.82) is 0 Å². The lowest BCUT2D eigenvalue weighted by Crippen LogP contribution is -2.34. The number of fused-ring (bicyclic) bond motifs is 1. The van der Waals surface area contributed by atoms with Gasteiger partial charge in [-0.25, -0.2) is 13.2 Å². The van der Waals surface area contributed by atoms with Crippen LogP contribution >= 0.6 is 34.7 Å². The number of thiophene rings is 1. The van der Waals surface area contributed by atoms with E-state index in [1.807, 2.05) is 38.1 Å². The molecule has 1 N–H and O–H groups in total. The largest absolute Gasteiger partial charge is 0.482 e. The van der Waals surface area contributed by atoms with E-state index in [2.05, 4.69) is 0 Å². The molecule has 0 unspecified atom stereocenters. The second-order valence-electron chi connectivity index (χ2n) is 8.42. The van der Waals surface area contributed by atoms with E-state index in [1.165, 1.54) is 11.3 Å². The van der Waals surface area contributed by atoms with Gasteiger partial charge in [0, 0.05) is 33.5 Å². The molecule has 1 aromatic heterocycles. The first-order valence-corrected chi connectivity index (χ1v) is 14.5. The molecule has 1 fully saturated rings. The Balaban J connectivity index is 1.48. The molecule has 1 aliphatic rings. The highest BCUT2D eigenvalue weighted by Crippen LogP contribution is 2.39. The summed E-state index contributed by atoms with van der Waals surface area (Å²) in [6.07, 6.45) is 2.13. The molecule has 0 aliphatic heterocycles. The lowest BCUT2D eigenvalue weighted by Gasteiger charge is -2.22. The lowest BCUT2D eigenvalue weighted by atomic mass is 10.2. The van der Waals surface area contributed by atoms with Crippen molar-refractivity contribution in [2.75, 3.05) is 25.4 Å². The van der Waals surface area contributed by atoms with Crippen LogP contribution in [0.2, 0.25) is 5.02 Å². The third-order valence-corrected chi connectivity index (χ3v) is 10.6. The van der Waals surface area contributed by atoms with Gasteiger partial charge in [0.2, 0.25) is 0 Å². The van der Waals surface area contributed by atoms with Crippen LogP contribution in [0.5, 0.6) is 5.75 Å². The molecule has 0 radical (unpaired) electrons. The van der Waals surface area contributed by atoms with Gasteiger partial charge in [-0.1, -0.05) is 11.6 Å². The monoisotopic (exact) mass is 539 g/mol. The number of hydrogen-bond acceptors (Lipinski definition) is 6. The fourth-order valence-electron chi connectivity index (χ4n) is 3.71. The van der Waals surface area contributed by atoms with Gasteiger partial charge in [0.1, 0.15) is 9.96 Å². The first-order chi connectivity index (χ1) is 16.1. The maximum Gasteiger partial charge on any atom is 0.341 e. The van der Waals surface area contributed by atoms with Crippen molar-refractivity contribution in [3.05, 3.63) is 52.5 Å². The predicted octanol–water partition coefficient (Wildman–Crippen LogP) is 5.83. The number of carboxylic acid groups (broad SMARTS) is 1. The zero-order valence-electron chi connectivity index (χ0n) is 18.9. The molecule has 1 heterocycles. The number of thioether (sulfide) groups is 1. The summed E-state index contributed by atoms with van der Waals surface area (Å²) in [6.45, 7) is 4.28. The van der Waals surface area contributed by atoms with Gasteiger partial charge in [0.15, 0.2) is 6.61 Å². The maximum absolute atomic E-state index is 13.7. The van der Waals surface area contributed by atoms with Crippen LogP contribution in [0.25, 0.3) is 10.1 Å². The molecule has 10 heteroatoms. The van der Waals surface area contributed by atoms with Crippen LogP contribution in [-0.4, -0.2) is 49.2 Å². The molecule has 0 spiro atoms. The molecule has 0 bridgehead atoms. The van der Waals surface area contributed by atoms with Crippen molar-refractivity contribution in [3.8, 4) is 5.75 Å². The highest BCUT2D eigenvalue weighted by molar-refractivity contribution is 7.99. The van der Waals surface area contributed by atoms with Gasteiger partial charge in [-0.3, -0.25) is 0 Å². The first-order valence-electron chi connectivity index (χ1n) is 10.9. The number of ether oxygens (including phenoxy) is 1. The van der Waals surface area contributed by atoms with E-state index in [0.29, 0.717) is 39.7 Å². The lowest BCUT2D eigenvalue weighted by molar-refractivity contribution is -0.139. The summed E-state index contributed by atoms with van der Waals surface area (Å²) in [6, 6.07) is 11.0. The topological polar surface area (TPSA) is 83.9 Å². The minimum atomic E-state index is -3.63. The smallest absolute Gasteiger partial charge is 0.341 e. The van der Waals surface area contributed by atoms with E-state index in [1.54, 1.807) is 28.2 Å². The summed E-state index contributed by atoms with van der Waals surface area (Å²) >= 11 is 9.02. The van der Waals surface area contributed by atoms with Crippen LogP contribution < -0.4 is 4.74 Å². The Labute approximate surface area is 212 Å². The Morgan fingerprint density at radius 3 is 2.68 bits per heavy atom. The Hall–Kier alpha value is -1.78. The fraction of sp³-hybridized carbons (Fsp3) is 0.375. The molecule has 3 aromatic rings. The van der Waals surface area contributed by atoms with Crippen LogP contribution in [0.4, 0.5) is 0 Å². The average Bonchev–Trinajstić information content (AvgIpc) is 3.54. The summed E-state index contributed by atoms with van der Waals surface area (Å²) in [7, 11) is -3.63. The summed E-state index contributed by atoms with van der Waals surface area (Å²) in [5, 5.41) is 10.3. The normalized spacial score (nSPS) is 14.1. The molecule has 1 saturated carbocycles. The summed E-state index contributed by atoms with van der Waals surface area (Å²) in [5.41, 5.74) is 1.59. The van der Waals surface area contributed by atoms with Gasteiger partial charge < -0.3 is 9.84 Å². The fourth-order valence-corrected chi connectivity index (χ4v) is 8.37. The van der Waals surface area contributed by atoms with Gasteiger partial charge in [-0.05, 0) is 85.5 Å². The minimum absolute atomic E-state index is 0.384. The minimum Gasteiger partial charge on any atom is -0.482 e. The number of nitrogens with zero attached hydrogens (tertiary/aromatic N) is 1. The Morgan fingerprint density at radius 1 is 1.24 bits per heavy atom. The molecule has 34 heavy (non-hydrogen) atoms. The van der Waals surface area contributed by atoms with E-state index in [4.69, 9.17) is 21.4 Å². The number of rotatable bonds is 11. The van der Waals surface area contributed by atoms with E-state index in [-0.39, 0.29) is 6.61 Å². The molecule has 4 rings (SSSR count). The van der Waals surface area contributed by atoms with Crippen molar-refractivity contribution in [1.82, 2.24) is 4.31 Å². The molecule has 182 valence electrons. The number of aryl methyl sites for hydroxylation is 2. The number of benzene rings is 2. The van der Waals surface area contributed by atoms with Gasteiger partial charge in [-0.15, -0.1) is 23.1 Å². The van der Waals surface area contributed by atoms with Crippen molar-refractivity contribution >= 4 is 60.8 Å². The Morgan fingerprint density at radius 2 is 2.00 bits per heavy atom. The Kier molecular flexibility index (Phi) is 7.79. The molecule has 6 nitrogen and oxygen atoms in total. The zero-order valence-corrected chi connectivity index (χ0v) is 22.1. The van der Waals surface area contributed by atoms with Crippen molar-refractivity contribution in [3.63, 3.8) is 0 Å². The van der Waals surface area contributed by atoms with E-state index < -0.39 is 16.0 Å². The summed E-state index contributed by atoms with van der Waals surface area (Å²) in [5.74, 6) is 0.546. The molecular formula is C24H26ClNO5S3. The number of halogens is 1. The standard InChI is InChI=1S/C24H26ClNO5S3/c1-15-11-19(6-7-21(15)31-14-23(27)28)32-10-9-26(13-17-3-4-17)34(29,30)24-16(2)20-12-18(25)5-8-22(20)33-24/h5-8,11-12,17H,3-4,9-10,13-14H2,1-2H3,(H,27,28). The van der Waals surface area contributed by atoms with Crippen LogP contribution in [0.3, 0.4) is 0 Å². The second kappa shape index (κ2) is 10.5. The van der Waals surface area contributed by atoms with Crippen LogP contribution in [-0.2, 0) is 14.8 Å². The third kappa shape index (κ3) is 5.88. The third-order valence-electron chi connectivity index (χ3n) is 5.69. The summed E-state index contributed by atoms with van der Waals surface area (Å²) in [4.78, 5) is 11.7. The van der Waals surface area contributed by atoms with Gasteiger partial charge in [0.25, 0.3) is 10.0 Å². The highest BCUT2D eigenvalue weighted by atomic mass is 35.5. The van der Waals surface area contributed by atoms with E-state index in [0.717, 1.165) is 39.0 Å². The number of carboxylic acids is 1. The molecule has 2 aromatic carbocycles. The first kappa shape index (κ1) is 25.3. The number of hydrogen-bond donors (Lipinski definition) is 1. The molecule has 0 amide bonds. The second-order valence-corrected chi connectivity index (χ2v) is 13.2. The molecule has 0 atom stereocenters. The predicted molar refractivity (Wildman–Crippen MR) is 138 cm³/mol. The van der Waals surface area contributed by atoms with Gasteiger partial charge in [-0.2, -0.15) is 4.31 Å². The number of carbonyl (C=O) groups is 1. The van der Waals surface area contributed by atoms with Gasteiger partial charge >= 0.3 is 5.97 Å². The maximum atomic E-state index is 13.7.